The molecule has 0 unspecified atom stereocenters. The molecule has 0 radical (unpaired) electrons. The van der Waals surface area contributed by atoms with Crippen molar-refractivity contribution in [2.45, 2.75) is 43.9 Å². The lowest BCUT2D eigenvalue weighted by atomic mass is 9.59. The van der Waals surface area contributed by atoms with Crippen LogP contribution in [0.3, 0.4) is 0 Å². The fraction of sp³-hybridized carbons (Fsp3) is 0.562. The summed E-state index contributed by atoms with van der Waals surface area (Å²) in [5, 5.41) is 9.62. The lowest BCUT2D eigenvalue weighted by molar-refractivity contribution is -0.149. The average Bonchev–Trinajstić information content (AvgIpc) is 3.17. The van der Waals surface area contributed by atoms with Crippen LogP contribution in [0.4, 0.5) is 0 Å². The highest BCUT2D eigenvalue weighted by atomic mass is 16.5. The van der Waals surface area contributed by atoms with Crippen molar-refractivity contribution in [1.29, 1.82) is 0 Å². The van der Waals surface area contributed by atoms with Crippen LogP contribution in [-0.2, 0) is 10.2 Å². The quantitative estimate of drug-likeness (QED) is 0.903. The van der Waals surface area contributed by atoms with E-state index in [0.29, 0.717) is 11.8 Å². The van der Waals surface area contributed by atoms with Gasteiger partial charge in [0.1, 0.15) is 5.75 Å². The largest absolute Gasteiger partial charge is 0.497 e. The van der Waals surface area contributed by atoms with Crippen LogP contribution in [0.25, 0.3) is 0 Å². The van der Waals surface area contributed by atoms with Crippen molar-refractivity contribution >= 4 is 5.97 Å². The van der Waals surface area contributed by atoms with E-state index >= 15 is 0 Å². The summed E-state index contributed by atoms with van der Waals surface area (Å²) in [6, 6.07) is 6.06. The minimum Gasteiger partial charge on any atom is -0.497 e. The summed E-state index contributed by atoms with van der Waals surface area (Å²) in [7, 11) is 1.65. The van der Waals surface area contributed by atoms with Gasteiger partial charge in [-0.25, -0.2) is 0 Å². The predicted octanol–water partition coefficient (Wildman–Crippen LogP) is 3.32. The summed E-state index contributed by atoms with van der Waals surface area (Å²) in [6.45, 7) is 2.11. The van der Waals surface area contributed by atoms with Crippen molar-refractivity contribution in [3.8, 4) is 5.75 Å². The van der Waals surface area contributed by atoms with Crippen molar-refractivity contribution < 1.29 is 14.6 Å². The third kappa shape index (κ3) is 2.01. The van der Waals surface area contributed by atoms with Crippen LogP contribution >= 0.6 is 0 Å². The number of ether oxygens (including phenoxy) is 1. The van der Waals surface area contributed by atoms with Gasteiger partial charge in [0.2, 0.25) is 0 Å². The van der Waals surface area contributed by atoms with Crippen molar-refractivity contribution in [2.24, 2.45) is 5.92 Å². The van der Waals surface area contributed by atoms with Crippen LogP contribution in [0, 0.1) is 5.92 Å². The number of hydrogen-bond acceptors (Lipinski definition) is 2. The molecular weight excluding hydrogens is 240 g/mol. The Labute approximate surface area is 113 Å². The molecule has 3 heteroatoms. The van der Waals surface area contributed by atoms with Gasteiger partial charge in [-0.15, -0.1) is 0 Å². The second kappa shape index (κ2) is 4.26. The first-order chi connectivity index (χ1) is 9.05. The molecule has 0 amide bonds. The molecule has 0 bridgehead atoms. The molecule has 2 saturated carbocycles. The lowest BCUT2D eigenvalue weighted by Crippen LogP contribution is -2.47. The number of methoxy groups -OCH3 is 1. The number of hydrogen-bond donors (Lipinski definition) is 1. The standard InChI is InChI=1S/C16H20O3/c1-10-8-16(9-10,15(17)18)13-5-12(11-3-4-11)6-14(7-13)19-2/h5-7,10-11H,3-4,8-9H2,1-2H3,(H,17,18). The molecular formula is C16H20O3. The van der Waals surface area contributed by atoms with Gasteiger partial charge in [0.05, 0.1) is 12.5 Å². The van der Waals surface area contributed by atoms with Crippen molar-refractivity contribution in [3.05, 3.63) is 29.3 Å². The van der Waals surface area contributed by atoms with E-state index in [1.54, 1.807) is 7.11 Å². The monoisotopic (exact) mass is 260 g/mol. The Kier molecular flexibility index (Phi) is 2.80. The van der Waals surface area contributed by atoms with Gasteiger partial charge in [-0.1, -0.05) is 13.0 Å². The fourth-order valence-electron chi connectivity index (χ4n) is 3.33. The molecule has 0 atom stereocenters. The number of rotatable bonds is 4. The van der Waals surface area contributed by atoms with Gasteiger partial charge in [-0.05, 0) is 60.8 Å². The van der Waals surface area contributed by atoms with Crippen molar-refractivity contribution in [3.63, 3.8) is 0 Å². The van der Waals surface area contributed by atoms with Crippen LogP contribution in [-0.4, -0.2) is 18.2 Å². The summed E-state index contributed by atoms with van der Waals surface area (Å²) in [5.41, 5.74) is 1.49. The van der Waals surface area contributed by atoms with Gasteiger partial charge in [0.25, 0.3) is 0 Å². The molecule has 19 heavy (non-hydrogen) atoms. The first-order valence-electron chi connectivity index (χ1n) is 6.98. The fourth-order valence-corrected chi connectivity index (χ4v) is 3.33. The summed E-state index contributed by atoms with van der Waals surface area (Å²) in [6.07, 6.45) is 3.89. The van der Waals surface area contributed by atoms with Crippen molar-refractivity contribution in [2.75, 3.05) is 7.11 Å². The highest BCUT2D eigenvalue weighted by molar-refractivity contribution is 5.83. The van der Waals surface area contributed by atoms with Gasteiger partial charge in [-0.3, -0.25) is 4.79 Å². The molecule has 0 heterocycles. The van der Waals surface area contributed by atoms with Crippen LogP contribution in [0.15, 0.2) is 18.2 Å². The molecule has 102 valence electrons. The van der Waals surface area contributed by atoms with Crippen LogP contribution in [0.2, 0.25) is 0 Å². The number of carboxylic acids is 1. The zero-order valence-corrected chi connectivity index (χ0v) is 11.5. The maximum atomic E-state index is 11.7. The van der Waals surface area contributed by atoms with E-state index in [0.717, 1.165) is 24.2 Å². The molecule has 1 aromatic carbocycles. The lowest BCUT2D eigenvalue weighted by Gasteiger charge is -2.43. The molecule has 2 fully saturated rings. The van der Waals surface area contributed by atoms with Gasteiger partial charge in [0.15, 0.2) is 0 Å². The SMILES string of the molecule is COc1cc(C2CC2)cc(C2(C(=O)O)CC(C)C2)c1. The number of benzene rings is 1. The minimum atomic E-state index is -0.694. The van der Waals surface area contributed by atoms with Gasteiger partial charge < -0.3 is 9.84 Å². The maximum absolute atomic E-state index is 11.7. The predicted molar refractivity (Wildman–Crippen MR) is 72.7 cm³/mol. The second-order valence-electron chi connectivity index (χ2n) is 6.17. The summed E-state index contributed by atoms with van der Waals surface area (Å²) >= 11 is 0. The highest BCUT2D eigenvalue weighted by Gasteiger charge is 2.50. The number of carbonyl (C=O) groups is 1. The Morgan fingerprint density at radius 1 is 1.32 bits per heavy atom. The minimum absolute atomic E-state index is 0.492. The molecule has 2 aliphatic rings. The Balaban J connectivity index is 2.03. The van der Waals surface area contributed by atoms with Crippen LogP contribution < -0.4 is 4.74 Å². The summed E-state index contributed by atoms with van der Waals surface area (Å²) in [4.78, 5) is 11.7. The first-order valence-corrected chi connectivity index (χ1v) is 6.98. The Bertz CT molecular complexity index is 511. The number of carboxylic acid groups (broad SMARTS) is 1. The summed E-state index contributed by atoms with van der Waals surface area (Å²) < 4.78 is 5.35. The molecule has 0 saturated heterocycles. The van der Waals surface area contributed by atoms with Gasteiger partial charge in [-0.2, -0.15) is 0 Å². The van der Waals surface area contributed by atoms with Crippen molar-refractivity contribution in [1.82, 2.24) is 0 Å². The van der Waals surface area contributed by atoms with Gasteiger partial charge >= 0.3 is 5.97 Å². The molecule has 1 aromatic rings. The smallest absolute Gasteiger partial charge is 0.314 e. The molecule has 2 aliphatic carbocycles. The average molecular weight is 260 g/mol. The third-order valence-electron chi connectivity index (χ3n) is 4.57. The normalized spacial score (nSPS) is 29.7. The first kappa shape index (κ1) is 12.5. The zero-order chi connectivity index (χ0) is 13.6. The van der Waals surface area contributed by atoms with Crippen LogP contribution in [0.1, 0.15) is 49.7 Å². The van der Waals surface area contributed by atoms with E-state index in [1.165, 1.54) is 18.4 Å². The highest BCUT2D eigenvalue weighted by Crippen LogP contribution is 2.50. The van der Waals surface area contributed by atoms with E-state index in [1.807, 2.05) is 6.07 Å². The molecule has 0 spiro atoms. The Hall–Kier alpha value is -1.51. The Morgan fingerprint density at radius 3 is 2.47 bits per heavy atom. The van der Waals surface area contributed by atoms with E-state index in [2.05, 4.69) is 19.1 Å². The van der Waals surface area contributed by atoms with E-state index in [4.69, 9.17) is 4.74 Å². The zero-order valence-electron chi connectivity index (χ0n) is 11.5. The third-order valence-corrected chi connectivity index (χ3v) is 4.57. The molecule has 0 aromatic heterocycles. The van der Waals surface area contributed by atoms with E-state index in [9.17, 15) is 9.90 Å². The second-order valence-corrected chi connectivity index (χ2v) is 6.17. The molecule has 3 nitrogen and oxygen atoms in total. The molecule has 0 aliphatic heterocycles. The van der Waals surface area contributed by atoms with E-state index in [-0.39, 0.29) is 0 Å². The molecule has 3 rings (SSSR count). The van der Waals surface area contributed by atoms with Gasteiger partial charge in [0, 0.05) is 0 Å². The summed E-state index contributed by atoms with van der Waals surface area (Å²) in [5.74, 6) is 1.20. The Morgan fingerprint density at radius 2 is 2.00 bits per heavy atom. The van der Waals surface area contributed by atoms with E-state index < -0.39 is 11.4 Å². The molecule has 1 N–H and O–H groups in total. The maximum Gasteiger partial charge on any atom is 0.314 e. The number of aliphatic carboxylic acids is 1. The topological polar surface area (TPSA) is 46.5 Å². The van der Waals surface area contributed by atoms with Crippen LogP contribution in [0.5, 0.6) is 5.75 Å².